The fourth-order valence-electron chi connectivity index (χ4n) is 4.58. The summed E-state index contributed by atoms with van der Waals surface area (Å²) in [7, 11) is 0.638. The molecule has 0 saturated heterocycles. The van der Waals surface area contributed by atoms with E-state index in [1.165, 1.54) is 0 Å². The summed E-state index contributed by atoms with van der Waals surface area (Å²) >= 11 is 6.20. The summed E-state index contributed by atoms with van der Waals surface area (Å²) in [5.41, 5.74) is 3.67. The van der Waals surface area contributed by atoms with E-state index in [0.717, 1.165) is 29.8 Å². The molecule has 5 rings (SSSR count). The van der Waals surface area contributed by atoms with Gasteiger partial charge in [-0.3, -0.25) is 9.48 Å². The maximum Gasteiger partial charge on any atom is 0.255 e. The zero-order valence-electron chi connectivity index (χ0n) is 22.2. The third-order valence-corrected chi connectivity index (χ3v) is 8.92. The lowest BCUT2D eigenvalue weighted by molar-refractivity contribution is 0.0892. The first-order valence-electron chi connectivity index (χ1n) is 12.9. The van der Waals surface area contributed by atoms with Crippen molar-refractivity contribution in [2.24, 2.45) is 18.9 Å². The minimum absolute atomic E-state index is 0.124. The summed E-state index contributed by atoms with van der Waals surface area (Å²) in [4.78, 5) is 22.8. The van der Waals surface area contributed by atoms with E-state index in [-0.39, 0.29) is 11.8 Å². The van der Waals surface area contributed by atoms with Crippen molar-refractivity contribution in [2.45, 2.75) is 45.3 Å². The number of hydrogen-bond donors (Lipinski definition) is 1. The van der Waals surface area contributed by atoms with Crippen LogP contribution in [0.1, 0.15) is 23.2 Å². The molecule has 4 aromatic rings. The van der Waals surface area contributed by atoms with Crippen molar-refractivity contribution >= 4 is 47.6 Å². The lowest BCUT2D eigenvalue weighted by atomic mass is 10.1. The van der Waals surface area contributed by atoms with Gasteiger partial charge >= 0.3 is 0 Å². The molecule has 3 aromatic heterocycles. The van der Waals surface area contributed by atoms with Crippen LogP contribution in [0.3, 0.4) is 0 Å². The normalized spacial score (nSPS) is 17.2. The average Bonchev–Trinajstić information content (AvgIpc) is 3.43. The van der Waals surface area contributed by atoms with Crippen molar-refractivity contribution in [3.63, 3.8) is 0 Å². The van der Waals surface area contributed by atoms with Gasteiger partial charge in [0.2, 0.25) is 0 Å². The molecule has 1 aliphatic rings. The average molecular weight is 550 g/mol. The second-order valence-corrected chi connectivity index (χ2v) is 17.3. The maximum atomic E-state index is 13.3. The summed E-state index contributed by atoms with van der Waals surface area (Å²) in [5, 5.41) is 18.2. The minimum atomic E-state index is -1.22. The van der Waals surface area contributed by atoms with Crippen molar-refractivity contribution in [2.75, 3.05) is 13.2 Å². The molecule has 38 heavy (non-hydrogen) atoms. The lowest BCUT2D eigenvalue weighted by Gasteiger charge is -2.15. The van der Waals surface area contributed by atoms with Crippen LogP contribution in [0.5, 0.6) is 0 Å². The third-order valence-electron chi connectivity index (χ3n) is 6.98. The molecule has 1 N–H and O–H groups in total. The number of aryl methyl sites for hydroxylation is 1. The molecule has 1 saturated carbocycles. The number of hydrogen-bond acceptors (Lipinski definition) is 6. The Kier molecular flexibility index (Phi) is 7.27. The van der Waals surface area contributed by atoms with Crippen molar-refractivity contribution in [1.29, 1.82) is 5.26 Å². The van der Waals surface area contributed by atoms with Crippen LogP contribution in [0.4, 0.5) is 0 Å². The van der Waals surface area contributed by atoms with Crippen LogP contribution in [-0.2, 0) is 18.5 Å². The van der Waals surface area contributed by atoms with Gasteiger partial charge in [-0.2, -0.15) is 10.4 Å². The molecule has 1 fully saturated rings. The highest BCUT2D eigenvalue weighted by Gasteiger charge is 2.36. The number of fused-ring (bicyclic) bond motifs is 2. The molecule has 0 radical (unpaired) electrons. The monoisotopic (exact) mass is 549 g/mol. The molecule has 198 valence electrons. The Hall–Kier alpha value is -3.26. The number of nitrogens with zero attached hydrogens (tertiary/aromatic N) is 6. The first-order chi connectivity index (χ1) is 18.1. The number of amides is 1. The minimum Gasteiger partial charge on any atom is -0.361 e. The SMILES string of the molecule is Cn1nc(-c2cnc3c(n2)c(C(=O)NCCC2C[C@H]2C#N)cn3COCC[Si](C)(C)C)c2ccc(Cl)cc21. The number of ether oxygens (including phenoxy) is 1. The van der Waals surface area contributed by atoms with Crippen molar-refractivity contribution in [3.8, 4) is 17.5 Å². The topological polar surface area (TPSA) is 111 Å². The van der Waals surface area contributed by atoms with Crippen molar-refractivity contribution in [1.82, 2.24) is 29.6 Å². The molecule has 2 atom stereocenters. The first-order valence-corrected chi connectivity index (χ1v) is 17.0. The second kappa shape index (κ2) is 10.5. The van der Waals surface area contributed by atoms with Crippen LogP contribution in [0.25, 0.3) is 33.5 Å². The summed E-state index contributed by atoms with van der Waals surface area (Å²) in [6.07, 6.45) is 5.16. The van der Waals surface area contributed by atoms with E-state index in [0.29, 0.717) is 58.9 Å². The molecule has 0 spiro atoms. The number of rotatable bonds is 10. The summed E-state index contributed by atoms with van der Waals surface area (Å²) in [6.45, 7) is 8.40. The number of nitrogens with one attached hydrogen (secondary N) is 1. The fraction of sp³-hybridized carbons (Fsp3) is 0.444. The van der Waals surface area contributed by atoms with Gasteiger partial charge < -0.3 is 14.6 Å². The molecule has 0 aliphatic heterocycles. The Bertz CT molecular complexity index is 1550. The Morgan fingerprint density at radius 3 is 2.89 bits per heavy atom. The number of carbonyl (C=O) groups excluding carboxylic acids is 1. The molecule has 1 amide bonds. The smallest absolute Gasteiger partial charge is 0.255 e. The maximum absolute atomic E-state index is 13.3. The van der Waals surface area contributed by atoms with Gasteiger partial charge in [0.25, 0.3) is 5.91 Å². The molecular weight excluding hydrogens is 518 g/mol. The van der Waals surface area contributed by atoms with E-state index in [4.69, 9.17) is 31.6 Å². The quantitative estimate of drug-likeness (QED) is 0.214. The number of halogens is 1. The molecule has 0 bridgehead atoms. The summed E-state index contributed by atoms with van der Waals surface area (Å²) < 4.78 is 9.57. The number of nitriles is 1. The van der Waals surface area contributed by atoms with Gasteiger partial charge in [0, 0.05) is 50.8 Å². The molecule has 1 unspecified atom stereocenters. The van der Waals surface area contributed by atoms with Crippen LogP contribution in [0, 0.1) is 23.2 Å². The molecular formula is C27H32ClN7O2Si. The number of aromatic nitrogens is 5. The number of benzene rings is 1. The first kappa shape index (κ1) is 26.3. The Labute approximate surface area is 227 Å². The van der Waals surface area contributed by atoms with Gasteiger partial charge in [-0.15, -0.1) is 0 Å². The molecule has 9 nitrogen and oxygen atoms in total. The second-order valence-electron chi connectivity index (χ2n) is 11.2. The highest BCUT2D eigenvalue weighted by molar-refractivity contribution is 6.76. The van der Waals surface area contributed by atoms with Crippen molar-refractivity contribution in [3.05, 3.63) is 41.2 Å². The van der Waals surface area contributed by atoms with Gasteiger partial charge in [-0.25, -0.2) is 9.97 Å². The Morgan fingerprint density at radius 1 is 1.34 bits per heavy atom. The van der Waals surface area contributed by atoms with Gasteiger partial charge in [-0.05, 0) is 43.0 Å². The van der Waals surface area contributed by atoms with E-state index in [1.807, 2.05) is 29.8 Å². The summed E-state index contributed by atoms with van der Waals surface area (Å²) in [6, 6.07) is 8.96. The predicted octanol–water partition coefficient (Wildman–Crippen LogP) is 5.23. The Balaban J connectivity index is 1.45. The van der Waals surface area contributed by atoms with Gasteiger partial charge in [0.15, 0.2) is 5.65 Å². The van der Waals surface area contributed by atoms with Crippen LogP contribution in [0.2, 0.25) is 30.7 Å². The van der Waals surface area contributed by atoms with Crippen LogP contribution < -0.4 is 5.32 Å². The van der Waals surface area contributed by atoms with E-state index in [1.54, 1.807) is 17.1 Å². The Morgan fingerprint density at radius 2 is 2.16 bits per heavy atom. The van der Waals surface area contributed by atoms with Crippen molar-refractivity contribution < 1.29 is 9.53 Å². The molecule has 1 aliphatic carbocycles. The van der Waals surface area contributed by atoms with Crippen LogP contribution >= 0.6 is 11.6 Å². The van der Waals surface area contributed by atoms with Gasteiger partial charge in [0.05, 0.1) is 23.3 Å². The highest BCUT2D eigenvalue weighted by atomic mass is 35.5. The van der Waals surface area contributed by atoms with Crippen LogP contribution in [-0.4, -0.2) is 51.4 Å². The lowest BCUT2D eigenvalue weighted by Crippen LogP contribution is -2.25. The highest BCUT2D eigenvalue weighted by Crippen LogP contribution is 2.40. The molecule has 1 aromatic carbocycles. The number of carbonyl (C=O) groups is 1. The summed E-state index contributed by atoms with van der Waals surface area (Å²) in [5.74, 6) is 0.284. The molecule has 3 heterocycles. The van der Waals surface area contributed by atoms with Gasteiger partial charge in [-0.1, -0.05) is 31.2 Å². The van der Waals surface area contributed by atoms with E-state index in [2.05, 4.69) is 36.1 Å². The third kappa shape index (κ3) is 5.60. The van der Waals surface area contributed by atoms with E-state index >= 15 is 0 Å². The standard InChI is InChI=1S/C27H32ClN7O2Si/c1-34-23-12-19(28)5-6-20(23)24(33-34)22-14-31-26-25(32-22)21(15-35(26)16-37-9-10-38(2,3)4)27(36)30-8-7-17-11-18(17)13-29/h5-6,12,14-15,17-18H,7-11,16H2,1-4H3,(H,30,36)/t17?,18-/m0/s1. The van der Waals surface area contributed by atoms with E-state index in [9.17, 15) is 4.79 Å². The largest absolute Gasteiger partial charge is 0.361 e. The van der Waals surface area contributed by atoms with Gasteiger partial charge in [0.1, 0.15) is 23.6 Å². The molecule has 11 heteroatoms. The predicted molar refractivity (Wildman–Crippen MR) is 151 cm³/mol. The fourth-order valence-corrected chi connectivity index (χ4v) is 5.51. The van der Waals surface area contributed by atoms with Crippen LogP contribution in [0.15, 0.2) is 30.6 Å². The van der Waals surface area contributed by atoms with E-state index < -0.39 is 8.07 Å². The zero-order chi connectivity index (χ0) is 27.0. The zero-order valence-corrected chi connectivity index (χ0v) is 23.9.